The summed E-state index contributed by atoms with van der Waals surface area (Å²) in [5, 5.41) is 3.37. The van der Waals surface area contributed by atoms with Crippen molar-refractivity contribution in [1.82, 2.24) is 15.8 Å². The van der Waals surface area contributed by atoms with Crippen molar-refractivity contribution in [2.45, 2.75) is 19.1 Å². The zero-order valence-electron chi connectivity index (χ0n) is 16.9. The second kappa shape index (κ2) is 8.31. The van der Waals surface area contributed by atoms with Gasteiger partial charge in [-0.15, -0.1) is 0 Å². The highest BCUT2D eigenvalue weighted by Crippen LogP contribution is 2.27. The van der Waals surface area contributed by atoms with Crippen LogP contribution in [0.15, 0.2) is 84.9 Å². The number of ether oxygens (including phenoxy) is 1. The molecule has 7 heteroatoms. The molecular formula is C24H21N3O4. The SMILES string of the molecule is C[C@@]1(c2ccccc2)NC(=O)N(NC(=O)c2cccc(OCc3ccccc3)c2)C1=O. The maximum atomic E-state index is 12.9. The monoisotopic (exact) mass is 415 g/mol. The van der Waals surface area contributed by atoms with Crippen LogP contribution >= 0.6 is 0 Å². The Hall–Kier alpha value is -4.13. The van der Waals surface area contributed by atoms with E-state index in [1.165, 1.54) is 0 Å². The second-order valence-electron chi connectivity index (χ2n) is 7.30. The molecule has 3 aromatic carbocycles. The Morgan fingerprint density at radius 2 is 1.65 bits per heavy atom. The summed E-state index contributed by atoms with van der Waals surface area (Å²) in [4.78, 5) is 38.1. The molecule has 1 aliphatic heterocycles. The molecule has 1 saturated heterocycles. The molecule has 0 aromatic heterocycles. The van der Waals surface area contributed by atoms with E-state index in [1.54, 1.807) is 55.5 Å². The molecule has 1 heterocycles. The number of carbonyl (C=O) groups excluding carboxylic acids is 3. The Balaban J connectivity index is 1.46. The van der Waals surface area contributed by atoms with E-state index in [4.69, 9.17) is 4.74 Å². The highest BCUT2D eigenvalue weighted by Gasteiger charge is 2.50. The molecule has 0 aliphatic carbocycles. The third kappa shape index (κ3) is 4.11. The fraction of sp³-hybridized carbons (Fsp3) is 0.125. The van der Waals surface area contributed by atoms with E-state index in [0.717, 1.165) is 5.56 Å². The number of hydrogen-bond acceptors (Lipinski definition) is 4. The van der Waals surface area contributed by atoms with Crippen LogP contribution in [0.3, 0.4) is 0 Å². The molecule has 4 rings (SSSR count). The molecule has 1 fully saturated rings. The smallest absolute Gasteiger partial charge is 0.344 e. The van der Waals surface area contributed by atoms with Gasteiger partial charge >= 0.3 is 6.03 Å². The highest BCUT2D eigenvalue weighted by molar-refractivity contribution is 6.09. The van der Waals surface area contributed by atoms with Gasteiger partial charge in [-0.05, 0) is 36.2 Å². The number of nitrogens with one attached hydrogen (secondary N) is 2. The van der Waals surface area contributed by atoms with E-state index in [0.29, 0.717) is 22.9 Å². The third-order valence-corrected chi connectivity index (χ3v) is 5.10. The molecule has 0 unspecified atom stereocenters. The predicted octanol–water partition coefficient (Wildman–Crippen LogP) is 3.38. The number of nitrogens with zero attached hydrogens (tertiary/aromatic N) is 1. The van der Waals surface area contributed by atoms with Crippen LogP contribution in [0.5, 0.6) is 5.75 Å². The standard InChI is InChI=1S/C24H21N3O4/c1-24(19-12-6-3-7-13-19)22(29)27(23(30)25-24)26-21(28)18-11-8-14-20(15-18)31-16-17-9-4-2-5-10-17/h2-15H,16H2,1H3,(H,25,30)(H,26,28)/t24-/m0/s1. The van der Waals surface area contributed by atoms with Crippen LogP contribution in [-0.4, -0.2) is 22.9 Å². The van der Waals surface area contributed by atoms with Crippen molar-refractivity contribution in [3.05, 3.63) is 102 Å². The minimum Gasteiger partial charge on any atom is -0.489 e. The van der Waals surface area contributed by atoms with Gasteiger partial charge in [-0.2, -0.15) is 5.01 Å². The van der Waals surface area contributed by atoms with Gasteiger partial charge in [0.05, 0.1) is 0 Å². The van der Waals surface area contributed by atoms with Crippen molar-refractivity contribution in [3.8, 4) is 5.75 Å². The van der Waals surface area contributed by atoms with E-state index in [9.17, 15) is 14.4 Å². The first-order valence-electron chi connectivity index (χ1n) is 9.77. The van der Waals surface area contributed by atoms with Crippen LogP contribution in [-0.2, 0) is 16.9 Å². The van der Waals surface area contributed by atoms with Crippen molar-refractivity contribution in [2.75, 3.05) is 0 Å². The number of carbonyl (C=O) groups is 3. The molecule has 7 nitrogen and oxygen atoms in total. The summed E-state index contributed by atoms with van der Waals surface area (Å²) in [5.41, 5.74) is 3.03. The molecular weight excluding hydrogens is 394 g/mol. The number of amides is 4. The van der Waals surface area contributed by atoms with Gasteiger partial charge in [0.15, 0.2) is 0 Å². The molecule has 0 saturated carbocycles. The largest absolute Gasteiger partial charge is 0.489 e. The average Bonchev–Trinajstić information content (AvgIpc) is 3.03. The van der Waals surface area contributed by atoms with Crippen molar-refractivity contribution >= 4 is 17.8 Å². The third-order valence-electron chi connectivity index (χ3n) is 5.10. The van der Waals surface area contributed by atoms with Gasteiger partial charge in [-0.25, -0.2) is 4.79 Å². The van der Waals surface area contributed by atoms with Gasteiger partial charge in [-0.1, -0.05) is 66.7 Å². The van der Waals surface area contributed by atoms with E-state index in [-0.39, 0.29) is 5.56 Å². The maximum Gasteiger partial charge on any atom is 0.344 e. The van der Waals surface area contributed by atoms with E-state index in [2.05, 4.69) is 10.7 Å². The van der Waals surface area contributed by atoms with Crippen LogP contribution < -0.4 is 15.5 Å². The first kappa shape index (κ1) is 20.2. The van der Waals surface area contributed by atoms with Crippen molar-refractivity contribution in [3.63, 3.8) is 0 Å². The number of imide groups is 1. The Kier molecular flexibility index (Phi) is 5.41. The van der Waals surface area contributed by atoms with Crippen molar-refractivity contribution in [2.24, 2.45) is 0 Å². The number of hydrazine groups is 1. The van der Waals surface area contributed by atoms with Gasteiger partial charge in [0, 0.05) is 5.56 Å². The topological polar surface area (TPSA) is 87.7 Å². The molecule has 3 aromatic rings. The van der Waals surface area contributed by atoms with Gasteiger partial charge in [0.1, 0.15) is 17.9 Å². The van der Waals surface area contributed by atoms with Crippen LogP contribution in [0.25, 0.3) is 0 Å². The minimum absolute atomic E-state index is 0.263. The Bertz CT molecular complexity index is 1120. The lowest BCUT2D eigenvalue weighted by Gasteiger charge is -2.22. The van der Waals surface area contributed by atoms with Gasteiger partial charge in [0.2, 0.25) is 0 Å². The lowest BCUT2D eigenvalue weighted by atomic mass is 9.92. The molecule has 1 atom stereocenters. The summed E-state index contributed by atoms with van der Waals surface area (Å²) >= 11 is 0. The van der Waals surface area contributed by atoms with Crippen LogP contribution in [0.2, 0.25) is 0 Å². The van der Waals surface area contributed by atoms with Crippen LogP contribution in [0.1, 0.15) is 28.4 Å². The Labute approximate surface area is 179 Å². The number of benzene rings is 3. The lowest BCUT2D eigenvalue weighted by Crippen LogP contribution is -2.47. The van der Waals surface area contributed by atoms with Gasteiger partial charge < -0.3 is 10.1 Å². The lowest BCUT2D eigenvalue weighted by molar-refractivity contribution is -0.132. The average molecular weight is 415 g/mol. The molecule has 156 valence electrons. The van der Waals surface area contributed by atoms with Crippen LogP contribution in [0, 0.1) is 0 Å². The first-order chi connectivity index (χ1) is 15.0. The van der Waals surface area contributed by atoms with Crippen molar-refractivity contribution in [1.29, 1.82) is 0 Å². The molecule has 1 aliphatic rings. The summed E-state index contributed by atoms with van der Waals surface area (Å²) in [5.74, 6) is -0.651. The molecule has 31 heavy (non-hydrogen) atoms. The quantitative estimate of drug-likeness (QED) is 0.604. The highest BCUT2D eigenvalue weighted by atomic mass is 16.5. The molecule has 4 amide bonds. The van der Waals surface area contributed by atoms with E-state index < -0.39 is 23.4 Å². The zero-order valence-corrected chi connectivity index (χ0v) is 16.9. The number of hydrogen-bond donors (Lipinski definition) is 2. The molecule has 0 bridgehead atoms. The Morgan fingerprint density at radius 3 is 2.35 bits per heavy atom. The number of rotatable bonds is 6. The first-order valence-corrected chi connectivity index (χ1v) is 9.77. The molecule has 2 N–H and O–H groups in total. The van der Waals surface area contributed by atoms with Gasteiger partial charge in [-0.3, -0.25) is 15.0 Å². The summed E-state index contributed by atoms with van der Waals surface area (Å²) in [6.07, 6.45) is 0. The van der Waals surface area contributed by atoms with Gasteiger partial charge in [0.25, 0.3) is 11.8 Å². The zero-order chi connectivity index (χ0) is 21.8. The van der Waals surface area contributed by atoms with Crippen molar-refractivity contribution < 1.29 is 19.1 Å². The fourth-order valence-corrected chi connectivity index (χ4v) is 3.34. The fourth-order valence-electron chi connectivity index (χ4n) is 3.34. The molecule has 0 spiro atoms. The number of urea groups is 1. The maximum absolute atomic E-state index is 12.9. The summed E-state index contributed by atoms with van der Waals surface area (Å²) < 4.78 is 5.75. The minimum atomic E-state index is -1.26. The molecule has 0 radical (unpaired) electrons. The summed E-state index contributed by atoms with van der Waals surface area (Å²) in [6.45, 7) is 1.96. The normalized spacial score (nSPS) is 17.9. The summed E-state index contributed by atoms with van der Waals surface area (Å²) in [6, 6.07) is 24.4. The van der Waals surface area contributed by atoms with E-state index in [1.807, 2.05) is 36.4 Å². The summed E-state index contributed by atoms with van der Waals surface area (Å²) in [7, 11) is 0. The Morgan fingerprint density at radius 1 is 0.968 bits per heavy atom. The second-order valence-corrected chi connectivity index (χ2v) is 7.30. The van der Waals surface area contributed by atoms with Crippen LogP contribution in [0.4, 0.5) is 4.79 Å². The predicted molar refractivity (Wildman–Crippen MR) is 114 cm³/mol. The van der Waals surface area contributed by atoms with E-state index >= 15 is 0 Å².